The van der Waals surface area contributed by atoms with Crippen LogP contribution in [0.1, 0.15) is 6.42 Å². The van der Waals surface area contributed by atoms with Crippen LogP contribution in [0.4, 0.5) is 8.78 Å². The van der Waals surface area contributed by atoms with E-state index < -0.39 is 5.92 Å². The van der Waals surface area contributed by atoms with Gasteiger partial charge in [0.1, 0.15) is 0 Å². The Balaban J connectivity index is 2.56. The van der Waals surface area contributed by atoms with Crippen LogP contribution in [0.3, 0.4) is 0 Å². The summed E-state index contributed by atoms with van der Waals surface area (Å²) in [5.41, 5.74) is 0.0131. The maximum absolute atomic E-state index is 12.1. The summed E-state index contributed by atoms with van der Waals surface area (Å²) in [6, 6.07) is 0. The highest BCUT2D eigenvalue weighted by atomic mass is 35.5. The highest BCUT2D eigenvalue weighted by molar-refractivity contribution is 6.34. The second kappa shape index (κ2) is 1.81. The fourth-order valence-electron chi connectivity index (χ4n) is 0.613. The molecule has 0 nitrogen and oxygen atoms in total. The van der Waals surface area contributed by atoms with E-state index in [1.54, 1.807) is 0 Å². The first-order valence-electron chi connectivity index (χ1n) is 2.49. The van der Waals surface area contributed by atoms with Crippen LogP contribution in [0.25, 0.3) is 0 Å². The van der Waals surface area contributed by atoms with E-state index in [0.717, 1.165) is 0 Å². The molecule has 0 aromatic heterocycles. The van der Waals surface area contributed by atoms with Crippen molar-refractivity contribution in [1.82, 2.24) is 0 Å². The van der Waals surface area contributed by atoms with Gasteiger partial charge in [-0.15, -0.1) is 6.58 Å². The zero-order valence-electron chi connectivity index (χ0n) is 4.63. The minimum absolute atomic E-state index is 0.0131. The lowest BCUT2D eigenvalue weighted by Crippen LogP contribution is -1.94. The molecule has 0 aromatic rings. The Hall–Kier alpha value is -0.370. The van der Waals surface area contributed by atoms with Crippen molar-refractivity contribution in [2.24, 2.45) is 0 Å². The van der Waals surface area contributed by atoms with Crippen LogP contribution in [0, 0.1) is 0 Å². The lowest BCUT2D eigenvalue weighted by Gasteiger charge is -1.90. The molecular formula is C6H5ClF2. The Morgan fingerprint density at radius 1 is 1.67 bits per heavy atom. The number of rotatable bonds is 2. The Morgan fingerprint density at radius 3 is 2.22 bits per heavy atom. The highest BCUT2D eigenvalue weighted by Gasteiger charge is 2.54. The topological polar surface area (TPSA) is 0 Å². The maximum atomic E-state index is 12.1. The molecule has 0 atom stereocenters. The third kappa shape index (κ3) is 0.874. The molecule has 0 spiro atoms. The van der Waals surface area contributed by atoms with Crippen LogP contribution < -0.4 is 0 Å². The molecule has 0 aromatic carbocycles. The SMILES string of the molecule is C=CCC1=C(Cl)C1(F)F. The lowest BCUT2D eigenvalue weighted by atomic mass is 10.3. The Morgan fingerprint density at radius 2 is 2.11 bits per heavy atom. The fraction of sp³-hybridized carbons (Fsp3) is 0.333. The number of alkyl halides is 2. The van der Waals surface area contributed by atoms with Crippen LogP contribution in [-0.2, 0) is 0 Å². The molecule has 9 heavy (non-hydrogen) atoms. The third-order valence-electron chi connectivity index (χ3n) is 1.21. The van der Waals surface area contributed by atoms with Crippen molar-refractivity contribution in [2.75, 3.05) is 0 Å². The molecule has 0 bridgehead atoms. The molecule has 0 N–H and O–H groups in total. The van der Waals surface area contributed by atoms with Gasteiger partial charge >= 0.3 is 5.92 Å². The van der Waals surface area contributed by atoms with Crippen LogP contribution in [-0.4, -0.2) is 5.92 Å². The molecule has 0 saturated heterocycles. The smallest absolute Gasteiger partial charge is 0.195 e. The summed E-state index contributed by atoms with van der Waals surface area (Å²) in [7, 11) is 0. The van der Waals surface area contributed by atoms with Crippen molar-refractivity contribution in [2.45, 2.75) is 12.3 Å². The Kier molecular flexibility index (Phi) is 1.35. The van der Waals surface area contributed by atoms with E-state index in [0.29, 0.717) is 0 Å². The van der Waals surface area contributed by atoms with Gasteiger partial charge in [0, 0.05) is 5.57 Å². The van der Waals surface area contributed by atoms with E-state index in [2.05, 4.69) is 6.58 Å². The summed E-state index contributed by atoms with van der Waals surface area (Å²) < 4.78 is 24.2. The van der Waals surface area contributed by atoms with E-state index >= 15 is 0 Å². The first-order chi connectivity index (χ1) is 4.10. The van der Waals surface area contributed by atoms with E-state index in [-0.39, 0.29) is 17.0 Å². The first kappa shape index (κ1) is 6.75. The quantitative estimate of drug-likeness (QED) is 0.531. The van der Waals surface area contributed by atoms with Crippen molar-refractivity contribution in [3.63, 3.8) is 0 Å². The Labute approximate surface area is 56.8 Å². The number of allylic oxidation sites excluding steroid dienone is 3. The molecule has 1 rings (SSSR count). The third-order valence-corrected chi connectivity index (χ3v) is 1.67. The van der Waals surface area contributed by atoms with Crippen LogP contribution in [0.2, 0.25) is 0 Å². The predicted molar refractivity (Wildman–Crippen MR) is 32.6 cm³/mol. The monoisotopic (exact) mass is 150 g/mol. The van der Waals surface area contributed by atoms with Crippen molar-refractivity contribution >= 4 is 11.6 Å². The molecular weight excluding hydrogens is 146 g/mol. The van der Waals surface area contributed by atoms with Gasteiger partial charge in [0.2, 0.25) is 0 Å². The van der Waals surface area contributed by atoms with Gasteiger partial charge in [0.05, 0.1) is 5.03 Å². The van der Waals surface area contributed by atoms with Gasteiger partial charge in [-0.05, 0) is 6.42 Å². The predicted octanol–water partition coefficient (Wildman–Crippen LogP) is 2.70. The van der Waals surface area contributed by atoms with Crippen LogP contribution in [0.5, 0.6) is 0 Å². The lowest BCUT2D eigenvalue weighted by molar-refractivity contribution is 0.138. The zero-order chi connectivity index (χ0) is 7.07. The fourth-order valence-corrected chi connectivity index (χ4v) is 0.876. The summed E-state index contributed by atoms with van der Waals surface area (Å²) in [6.07, 6.45) is 1.62. The Bertz CT molecular complexity index is 181. The van der Waals surface area contributed by atoms with E-state index in [1.165, 1.54) is 6.08 Å². The highest BCUT2D eigenvalue weighted by Crippen LogP contribution is 2.53. The molecule has 0 amide bonds. The summed E-state index contributed by atoms with van der Waals surface area (Å²) in [5, 5.41) is -0.303. The van der Waals surface area contributed by atoms with E-state index in [9.17, 15) is 8.78 Å². The number of hydrogen-bond acceptors (Lipinski definition) is 0. The molecule has 0 unspecified atom stereocenters. The molecule has 1 aliphatic carbocycles. The van der Waals surface area contributed by atoms with Gasteiger partial charge < -0.3 is 0 Å². The second-order valence-corrected chi connectivity index (χ2v) is 2.24. The molecule has 0 saturated carbocycles. The summed E-state index contributed by atoms with van der Waals surface area (Å²) >= 11 is 5.10. The molecule has 0 radical (unpaired) electrons. The molecule has 3 heteroatoms. The molecule has 0 heterocycles. The number of hydrogen-bond donors (Lipinski definition) is 0. The largest absolute Gasteiger partial charge is 0.306 e. The van der Waals surface area contributed by atoms with Crippen molar-refractivity contribution in [3.8, 4) is 0 Å². The standard InChI is InChI=1S/C6H5ClF2/c1-2-3-4-5(7)6(4,8)9/h2H,1,3H2. The summed E-state index contributed by atoms with van der Waals surface area (Å²) in [6.45, 7) is 3.31. The van der Waals surface area contributed by atoms with Crippen LogP contribution in [0.15, 0.2) is 23.3 Å². The van der Waals surface area contributed by atoms with E-state index in [1.807, 2.05) is 0 Å². The average molecular weight is 151 g/mol. The summed E-state index contributed by atoms with van der Waals surface area (Å²) in [5.74, 6) is -2.80. The zero-order valence-corrected chi connectivity index (χ0v) is 5.38. The van der Waals surface area contributed by atoms with Gasteiger partial charge in [-0.2, -0.15) is 8.78 Å². The normalized spacial score (nSPS) is 22.1. The minimum atomic E-state index is -2.80. The van der Waals surface area contributed by atoms with Gasteiger partial charge in [0.15, 0.2) is 0 Å². The minimum Gasteiger partial charge on any atom is -0.195 e. The van der Waals surface area contributed by atoms with Crippen molar-refractivity contribution in [1.29, 1.82) is 0 Å². The number of halogens is 3. The second-order valence-electron chi connectivity index (χ2n) is 1.86. The first-order valence-corrected chi connectivity index (χ1v) is 2.86. The molecule has 50 valence electrons. The molecule has 1 aliphatic rings. The molecule has 0 fully saturated rings. The van der Waals surface area contributed by atoms with Gasteiger partial charge in [0.25, 0.3) is 0 Å². The summed E-state index contributed by atoms with van der Waals surface area (Å²) in [4.78, 5) is 0. The van der Waals surface area contributed by atoms with Gasteiger partial charge in [-0.25, -0.2) is 0 Å². The van der Waals surface area contributed by atoms with Crippen molar-refractivity contribution in [3.05, 3.63) is 23.3 Å². The molecule has 0 aliphatic heterocycles. The van der Waals surface area contributed by atoms with Gasteiger partial charge in [-0.1, -0.05) is 17.7 Å². The van der Waals surface area contributed by atoms with Crippen LogP contribution >= 0.6 is 11.6 Å². The van der Waals surface area contributed by atoms with Gasteiger partial charge in [-0.3, -0.25) is 0 Å². The van der Waals surface area contributed by atoms with Crippen molar-refractivity contribution < 1.29 is 8.78 Å². The average Bonchev–Trinajstić information content (AvgIpc) is 2.19. The van der Waals surface area contributed by atoms with E-state index in [4.69, 9.17) is 11.6 Å². The maximum Gasteiger partial charge on any atom is 0.306 e.